The summed E-state index contributed by atoms with van der Waals surface area (Å²) in [5, 5.41) is 3.70. The van der Waals surface area contributed by atoms with Gasteiger partial charge in [0.25, 0.3) is 0 Å². The van der Waals surface area contributed by atoms with Crippen LogP contribution in [0.2, 0.25) is 0 Å². The van der Waals surface area contributed by atoms with Crippen LogP contribution in [0.4, 0.5) is 0 Å². The van der Waals surface area contributed by atoms with Crippen molar-refractivity contribution in [2.24, 2.45) is 5.92 Å². The van der Waals surface area contributed by atoms with E-state index in [1.807, 2.05) is 0 Å². The fourth-order valence-electron chi connectivity index (χ4n) is 2.42. The summed E-state index contributed by atoms with van der Waals surface area (Å²) >= 11 is 0. The molecule has 0 aromatic heterocycles. The maximum absolute atomic E-state index is 3.70. The molecular weight excluding hydrogens is 196 g/mol. The van der Waals surface area contributed by atoms with E-state index in [4.69, 9.17) is 0 Å². The molecule has 1 saturated heterocycles. The third-order valence-electron chi connectivity index (χ3n) is 3.80. The zero-order chi connectivity index (χ0) is 12.0. The third-order valence-corrected chi connectivity index (χ3v) is 3.80. The highest BCUT2D eigenvalue weighted by Gasteiger charge is 2.18. The second-order valence-corrected chi connectivity index (χ2v) is 5.91. The van der Waals surface area contributed by atoms with Crippen LogP contribution >= 0.6 is 0 Å². The number of nitrogens with zero attached hydrogens (tertiary/aromatic N) is 1. The second kappa shape index (κ2) is 7.29. The van der Waals surface area contributed by atoms with Crippen molar-refractivity contribution in [1.29, 1.82) is 0 Å². The van der Waals surface area contributed by atoms with Crippen molar-refractivity contribution in [3.05, 3.63) is 0 Å². The number of likely N-dealkylation sites (N-methyl/N-ethyl adjacent to an activating group) is 1. The summed E-state index contributed by atoms with van der Waals surface area (Å²) in [7, 11) is 2.27. The van der Waals surface area contributed by atoms with Gasteiger partial charge in [0.1, 0.15) is 0 Å². The maximum Gasteiger partial charge on any atom is 0.0217 e. The largest absolute Gasteiger partial charge is 0.313 e. The average molecular weight is 226 g/mol. The molecule has 2 atom stereocenters. The Morgan fingerprint density at radius 2 is 1.94 bits per heavy atom. The van der Waals surface area contributed by atoms with Gasteiger partial charge in [-0.2, -0.15) is 0 Å². The van der Waals surface area contributed by atoms with Gasteiger partial charge in [0, 0.05) is 18.6 Å². The summed E-state index contributed by atoms with van der Waals surface area (Å²) in [6.45, 7) is 9.40. The van der Waals surface area contributed by atoms with Gasteiger partial charge in [-0.05, 0) is 52.1 Å². The molecule has 2 unspecified atom stereocenters. The molecular formula is C14H30N2. The van der Waals surface area contributed by atoms with E-state index in [1.165, 1.54) is 45.2 Å². The Kier molecular flexibility index (Phi) is 6.37. The molecule has 0 bridgehead atoms. The molecule has 1 fully saturated rings. The highest BCUT2D eigenvalue weighted by atomic mass is 15.2. The van der Waals surface area contributed by atoms with Gasteiger partial charge in [-0.3, -0.25) is 0 Å². The Balaban J connectivity index is 2.12. The molecule has 0 aromatic rings. The van der Waals surface area contributed by atoms with Crippen molar-refractivity contribution in [3.63, 3.8) is 0 Å². The molecule has 0 aromatic carbocycles. The summed E-state index contributed by atoms with van der Waals surface area (Å²) in [5.41, 5.74) is 0. The number of nitrogens with one attached hydrogen (secondary N) is 1. The molecule has 1 aliphatic rings. The van der Waals surface area contributed by atoms with E-state index in [-0.39, 0.29) is 0 Å². The predicted molar refractivity (Wildman–Crippen MR) is 71.8 cm³/mol. The fourth-order valence-corrected chi connectivity index (χ4v) is 2.42. The van der Waals surface area contributed by atoms with Crippen LogP contribution in [0.1, 0.15) is 52.9 Å². The molecule has 0 radical (unpaired) electrons. The molecule has 0 saturated carbocycles. The van der Waals surface area contributed by atoms with Gasteiger partial charge in [0.2, 0.25) is 0 Å². The lowest BCUT2D eigenvalue weighted by molar-refractivity contribution is 0.177. The van der Waals surface area contributed by atoms with Crippen LogP contribution < -0.4 is 5.32 Å². The molecule has 1 N–H and O–H groups in total. The van der Waals surface area contributed by atoms with Crippen molar-refractivity contribution in [2.75, 3.05) is 20.1 Å². The fraction of sp³-hybridized carbons (Fsp3) is 1.00. The zero-order valence-corrected chi connectivity index (χ0v) is 11.6. The molecule has 0 amide bonds. The van der Waals surface area contributed by atoms with Gasteiger partial charge in [-0.1, -0.05) is 20.3 Å². The smallest absolute Gasteiger partial charge is 0.0217 e. The highest BCUT2D eigenvalue weighted by molar-refractivity contribution is 4.77. The molecule has 96 valence electrons. The zero-order valence-electron chi connectivity index (χ0n) is 11.6. The number of hydrogen-bond acceptors (Lipinski definition) is 2. The van der Waals surface area contributed by atoms with Crippen molar-refractivity contribution in [3.8, 4) is 0 Å². The van der Waals surface area contributed by atoms with Crippen molar-refractivity contribution < 1.29 is 0 Å². The number of piperidine rings is 1. The molecule has 1 heterocycles. The quantitative estimate of drug-likeness (QED) is 0.749. The van der Waals surface area contributed by atoms with Gasteiger partial charge in [-0.25, -0.2) is 0 Å². The van der Waals surface area contributed by atoms with Crippen LogP contribution in [0.3, 0.4) is 0 Å². The van der Waals surface area contributed by atoms with Crippen LogP contribution in [0, 0.1) is 5.92 Å². The summed E-state index contributed by atoms with van der Waals surface area (Å²) < 4.78 is 0. The van der Waals surface area contributed by atoms with Crippen LogP contribution in [-0.4, -0.2) is 37.1 Å². The van der Waals surface area contributed by atoms with E-state index in [1.54, 1.807) is 0 Å². The SMILES string of the molecule is CC(C)CCC(C)NCC1CCCCN1C. The Morgan fingerprint density at radius 3 is 2.56 bits per heavy atom. The first-order valence-electron chi connectivity index (χ1n) is 7.03. The lowest BCUT2D eigenvalue weighted by Gasteiger charge is -2.33. The molecule has 1 aliphatic heterocycles. The van der Waals surface area contributed by atoms with Gasteiger partial charge in [-0.15, -0.1) is 0 Å². The number of likely N-dealkylation sites (tertiary alicyclic amines) is 1. The minimum atomic E-state index is 0.678. The Morgan fingerprint density at radius 1 is 1.19 bits per heavy atom. The minimum Gasteiger partial charge on any atom is -0.313 e. The van der Waals surface area contributed by atoms with Crippen LogP contribution in [0.25, 0.3) is 0 Å². The van der Waals surface area contributed by atoms with Crippen molar-refractivity contribution in [1.82, 2.24) is 10.2 Å². The van der Waals surface area contributed by atoms with E-state index < -0.39 is 0 Å². The summed E-state index contributed by atoms with van der Waals surface area (Å²) in [6, 6.07) is 1.45. The standard InChI is InChI=1S/C14H30N2/c1-12(2)8-9-13(3)15-11-14-7-5-6-10-16(14)4/h12-15H,5-11H2,1-4H3. The van der Waals surface area contributed by atoms with E-state index in [9.17, 15) is 0 Å². The average Bonchev–Trinajstić information content (AvgIpc) is 2.25. The molecule has 0 spiro atoms. The van der Waals surface area contributed by atoms with Gasteiger partial charge in [0.15, 0.2) is 0 Å². The van der Waals surface area contributed by atoms with Gasteiger partial charge < -0.3 is 10.2 Å². The van der Waals surface area contributed by atoms with Crippen molar-refractivity contribution >= 4 is 0 Å². The van der Waals surface area contributed by atoms with E-state index >= 15 is 0 Å². The first-order chi connectivity index (χ1) is 7.59. The van der Waals surface area contributed by atoms with E-state index in [0.29, 0.717) is 6.04 Å². The van der Waals surface area contributed by atoms with Gasteiger partial charge in [0.05, 0.1) is 0 Å². The summed E-state index contributed by atoms with van der Waals surface area (Å²) in [5.74, 6) is 0.835. The maximum atomic E-state index is 3.70. The van der Waals surface area contributed by atoms with E-state index in [0.717, 1.165) is 12.0 Å². The predicted octanol–water partition coefficient (Wildman–Crippen LogP) is 2.89. The molecule has 2 nitrogen and oxygen atoms in total. The molecule has 16 heavy (non-hydrogen) atoms. The Bertz CT molecular complexity index is 180. The summed E-state index contributed by atoms with van der Waals surface area (Å²) in [4.78, 5) is 2.52. The number of rotatable bonds is 6. The van der Waals surface area contributed by atoms with Crippen molar-refractivity contribution in [2.45, 2.75) is 65.0 Å². The first kappa shape index (κ1) is 14.0. The Labute approximate surface area is 102 Å². The lowest BCUT2D eigenvalue weighted by atomic mass is 10.0. The summed E-state index contributed by atoms with van der Waals surface area (Å²) in [6.07, 6.45) is 6.83. The lowest BCUT2D eigenvalue weighted by Crippen LogP contribution is -2.45. The monoisotopic (exact) mass is 226 g/mol. The number of hydrogen-bond donors (Lipinski definition) is 1. The van der Waals surface area contributed by atoms with E-state index in [2.05, 4.69) is 38.0 Å². The minimum absolute atomic E-state index is 0.678. The third kappa shape index (κ3) is 5.31. The second-order valence-electron chi connectivity index (χ2n) is 5.91. The van der Waals surface area contributed by atoms with Crippen LogP contribution in [0.15, 0.2) is 0 Å². The van der Waals surface area contributed by atoms with Crippen LogP contribution in [-0.2, 0) is 0 Å². The van der Waals surface area contributed by atoms with Crippen LogP contribution in [0.5, 0.6) is 0 Å². The molecule has 1 rings (SSSR count). The highest BCUT2D eigenvalue weighted by Crippen LogP contribution is 2.14. The first-order valence-corrected chi connectivity index (χ1v) is 7.03. The van der Waals surface area contributed by atoms with Gasteiger partial charge >= 0.3 is 0 Å². The molecule has 0 aliphatic carbocycles. The normalized spacial score (nSPS) is 24.9. The molecule has 2 heteroatoms. The Hall–Kier alpha value is -0.0800. The topological polar surface area (TPSA) is 15.3 Å².